The van der Waals surface area contributed by atoms with Gasteiger partial charge < -0.3 is 9.64 Å². The van der Waals surface area contributed by atoms with E-state index in [1.165, 1.54) is 0 Å². The Morgan fingerprint density at radius 3 is 2.28 bits per heavy atom. The predicted molar refractivity (Wildman–Crippen MR) is 139 cm³/mol. The molecule has 3 aromatic heterocycles. The largest absolute Gasteiger partial charge is 0.444 e. The van der Waals surface area contributed by atoms with Crippen molar-refractivity contribution in [2.45, 2.75) is 45.3 Å². The van der Waals surface area contributed by atoms with Crippen LogP contribution in [-0.2, 0) is 11.8 Å². The molecule has 36 heavy (non-hydrogen) atoms. The van der Waals surface area contributed by atoms with Crippen LogP contribution >= 0.6 is 0 Å². The van der Waals surface area contributed by atoms with Crippen molar-refractivity contribution in [3.63, 3.8) is 0 Å². The molecule has 0 bridgehead atoms. The van der Waals surface area contributed by atoms with Gasteiger partial charge in [0.25, 0.3) is 0 Å². The Bertz CT molecular complexity index is 1340. The highest BCUT2D eigenvalue weighted by Crippen LogP contribution is 2.28. The second-order valence-electron chi connectivity index (χ2n) is 10.3. The zero-order valence-electron chi connectivity index (χ0n) is 21.3. The van der Waals surface area contributed by atoms with Crippen LogP contribution in [0.3, 0.4) is 0 Å². The van der Waals surface area contributed by atoms with E-state index >= 15 is 0 Å². The fourth-order valence-electron chi connectivity index (χ4n) is 4.49. The lowest BCUT2D eigenvalue weighted by Gasteiger charge is -2.33. The van der Waals surface area contributed by atoms with Gasteiger partial charge in [0.15, 0.2) is 0 Å². The first kappa shape index (κ1) is 23.8. The van der Waals surface area contributed by atoms with E-state index in [9.17, 15) is 4.79 Å². The van der Waals surface area contributed by atoms with Crippen LogP contribution in [0, 0.1) is 0 Å². The summed E-state index contributed by atoms with van der Waals surface area (Å²) in [7, 11) is 1.92. The number of benzene rings is 1. The van der Waals surface area contributed by atoms with E-state index in [-0.39, 0.29) is 12.1 Å². The van der Waals surface area contributed by atoms with Crippen molar-refractivity contribution in [3.8, 4) is 33.5 Å². The van der Waals surface area contributed by atoms with Gasteiger partial charge in [0.1, 0.15) is 5.60 Å². The Morgan fingerprint density at radius 1 is 0.889 bits per heavy atom. The lowest BCUT2D eigenvalue weighted by atomic mass is 10.0. The van der Waals surface area contributed by atoms with Gasteiger partial charge in [-0.3, -0.25) is 14.3 Å². The molecule has 1 saturated heterocycles. The SMILES string of the molecule is Cn1cc(-c2cccc(-c3ccc(-c4cnn(C5CCN(C(=O)OC(C)(C)C)CC5)c4)cn3)c2)cn1. The molecule has 5 rings (SSSR count). The number of hydrogen-bond donors (Lipinski definition) is 0. The summed E-state index contributed by atoms with van der Waals surface area (Å²) in [5, 5.41) is 8.89. The minimum Gasteiger partial charge on any atom is -0.444 e. The maximum Gasteiger partial charge on any atom is 0.410 e. The molecule has 4 heterocycles. The second kappa shape index (κ2) is 9.60. The average Bonchev–Trinajstić information content (AvgIpc) is 3.53. The van der Waals surface area contributed by atoms with Crippen molar-refractivity contribution in [1.82, 2.24) is 29.4 Å². The Kier molecular flexibility index (Phi) is 6.35. The second-order valence-corrected chi connectivity index (χ2v) is 10.3. The number of nitrogens with zero attached hydrogens (tertiary/aromatic N) is 6. The lowest BCUT2D eigenvalue weighted by molar-refractivity contribution is 0.0185. The van der Waals surface area contributed by atoms with Crippen LogP contribution in [0.25, 0.3) is 33.5 Å². The molecule has 0 spiro atoms. The molecule has 8 heteroatoms. The number of aryl methyl sites for hydroxylation is 1. The summed E-state index contributed by atoms with van der Waals surface area (Å²) in [6, 6.07) is 12.7. The number of likely N-dealkylation sites (tertiary alicyclic amines) is 1. The monoisotopic (exact) mass is 484 g/mol. The van der Waals surface area contributed by atoms with Crippen molar-refractivity contribution in [1.29, 1.82) is 0 Å². The summed E-state index contributed by atoms with van der Waals surface area (Å²) in [5.41, 5.74) is 5.77. The zero-order valence-corrected chi connectivity index (χ0v) is 21.3. The minimum absolute atomic E-state index is 0.237. The maximum atomic E-state index is 12.3. The van der Waals surface area contributed by atoms with E-state index in [1.54, 1.807) is 9.58 Å². The Hall–Kier alpha value is -3.94. The molecule has 4 aromatic rings. The van der Waals surface area contributed by atoms with E-state index in [2.05, 4.69) is 40.7 Å². The van der Waals surface area contributed by atoms with Gasteiger partial charge in [0.2, 0.25) is 0 Å². The molecule has 1 amide bonds. The van der Waals surface area contributed by atoms with Gasteiger partial charge in [0.05, 0.1) is 24.1 Å². The van der Waals surface area contributed by atoms with E-state index in [4.69, 9.17) is 9.72 Å². The van der Waals surface area contributed by atoms with Crippen molar-refractivity contribution in [2.24, 2.45) is 7.05 Å². The number of amides is 1. The van der Waals surface area contributed by atoms with Crippen LogP contribution in [0.4, 0.5) is 4.79 Å². The molecule has 0 unspecified atom stereocenters. The Balaban J connectivity index is 1.24. The van der Waals surface area contributed by atoms with Crippen LogP contribution in [0.2, 0.25) is 0 Å². The number of aromatic nitrogens is 5. The third-order valence-corrected chi connectivity index (χ3v) is 6.39. The van der Waals surface area contributed by atoms with E-state index in [0.717, 1.165) is 46.4 Å². The highest BCUT2D eigenvalue weighted by atomic mass is 16.6. The summed E-state index contributed by atoms with van der Waals surface area (Å²) in [6.07, 6.45) is 11.2. The molecule has 8 nitrogen and oxygen atoms in total. The van der Waals surface area contributed by atoms with Crippen LogP contribution in [-0.4, -0.2) is 54.2 Å². The summed E-state index contributed by atoms with van der Waals surface area (Å²) in [5.74, 6) is 0. The fraction of sp³-hybridized carbons (Fsp3) is 0.357. The summed E-state index contributed by atoms with van der Waals surface area (Å²) >= 11 is 0. The molecule has 0 N–H and O–H groups in total. The normalized spacial score (nSPS) is 14.7. The van der Waals surface area contributed by atoms with Gasteiger partial charge >= 0.3 is 6.09 Å². The number of ether oxygens (including phenoxy) is 1. The van der Waals surface area contributed by atoms with Gasteiger partial charge in [-0.1, -0.05) is 24.3 Å². The highest BCUT2D eigenvalue weighted by Gasteiger charge is 2.27. The fourth-order valence-corrected chi connectivity index (χ4v) is 4.49. The molecular formula is C28H32N6O2. The van der Waals surface area contributed by atoms with E-state index in [0.29, 0.717) is 13.1 Å². The molecule has 0 saturated carbocycles. The summed E-state index contributed by atoms with van der Waals surface area (Å²) in [6.45, 7) is 7.02. The summed E-state index contributed by atoms with van der Waals surface area (Å²) < 4.78 is 9.33. The minimum atomic E-state index is -0.476. The first-order valence-electron chi connectivity index (χ1n) is 12.3. The third-order valence-electron chi connectivity index (χ3n) is 6.39. The van der Waals surface area contributed by atoms with Gasteiger partial charge in [-0.15, -0.1) is 0 Å². The van der Waals surface area contributed by atoms with Crippen LogP contribution in [0.1, 0.15) is 39.7 Å². The molecule has 1 aliphatic heterocycles. The topological polar surface area (TPSA) is 78.1 Å². The van der Waals surface area contributed by atoms with Crippen molar-refractivity contribution >= 4 is 6.09 Å². The zero-order chi connectivity index (χ0) is 25.3. The number of hydrogen-bond acceptors (Lipinski definition) is 5. The molecule has 0 aliphatic carbocycles. The maximum absolute atomic E-state index is 12.3. The van der Waals surface area contributed by atoms with Crippen molar-refractivity contribution < 1.29 is 9.53 Å². The van der Waals surface area contributed by atoms with Gasteiger partial charge in [-0.2, -0.15) is 10.2 Å². The first-order valence-corrected chi connectivity index (χ1v) is 12.3. The average molecular weight is 485 g/mol. The number of pyridine rings is 1. The van der Waals surface area contributed by atoms with Crippen LogP contribution < -0.4 is 0 Å². The standard InChI is InChI=1S/C28H32N6O2/c1-28(2,3)36-27(35)33-12-10-25(11-13-33)34-19-24(17-31-34)22-8-9-26(29-15-22)21-7-5-6-20(14-21)23-16-30-32(4)18-23/h5-9,14-19,25H,10-13H2,1-4H3. The third kappa shape index (κ3) is 5.32. The summed E-state index contributed by atoms with van der Waals surface area (Å²) in [4.78, 5) is 18.9. The Labute approximate surface area is 211 Å². The van der Waals surface area contributed by atoms with Crippen LogP contribution in [0.15, 0.2) is 67.4 Å². The van der Waals surface area contributed by atoms with E-state index < -0.39 is 5.60 Å². The number of rotatable bonds is 4. The first-order chi connectivity index (χ1) is 17.2. The van der Waals surface area contributed by atoms with E-state index in [1.807, 2.05) is 69.4 Å². The predicted octanol–water partition coefficient (Wildman–Crippen LogP) is 5.58. The van der Waals surface area contributed by atoms with Crippen molar-refractivity contribution in [3.05, 3.63) is 67.4 Å². The molecule has 0 atom stereocenters. The molecule has 1 aliphatic rings. The Morgan fingerprint density at radius 2 is 1.61 bits per heavy atom. The van der Waals surface area contributed by atoms with Gasteiger partial charge in [0, 0.05) is 61.0 Å². The molecule has 1 aromatic carbocycles. The molecule has 186 valence electrons. The van der Waals surface area contributed by atoms with Crippen LogP contribution in [0.5, 0.6) is 0 Å². The molecular weight excluding hydrogens is 452 g/mol. The molecule has 0 radical (unpaired) electrons. The molecule has 1 fully saturated rings. The lowest BCUT2D eigenvalue weighted by Crippen LogP contribution is -2.42. The number of carbonyl (C=O) groups is 1. The number of carbonyl (C=O) groups excluding carboxylic acids is 1. The van der Waals surface area contributed by atoms with Gasteiger partial charge in [-0.25, -0.2) is 4.79 Å². The smallest absolute Gasteiger partial charge is 0.410 e. The van der Waals surface area contributed by atoms with Crippen molar-refractivity contribution in [2.75, 3.05) is 13.1 Å². The number of piperidine rings is 1. The van der Waals surface area contributed by atoms with Gasteiger partial charge in [-0.05, 0) is 51.3 Å². The highest BCUT2D eigenvalue weighted by molar-refractivity contribution is 5.72. The quantitative estimate of drug-likeness (QED) is 0.378.